The first kappa shape index (κ1) is 13.8. The van der Waals surface area contributed by atoms with Gasteiger partial charge in [-0.1, -0.05) is 25.7 Å². The van der Waals surface area contributed by atoms with Crippen molar-refractivity contribution in [3.8, 4) is 0 Å². The first-order valence-electron chi connectivity index (χ1n) is 8.52. The molecule has 1 aliphatic heterocycles. The van der Waals surface area contributed by atoms with Crippen molar-refractivity contribution in [2.75, 3.05) is 26.2 Å². The molecule has 3 heteroatoms. The van der Waals surface area contributed by atoms with E-state index in [1.54, 1.807) is 0 Å². The Morgan fingerprint density at radius 2 is 1.79 bits per heavy atom. The van der Waals surface area contributed by atoms with E-state index >= 15 is 0 Å². The van der Waals surface area contributed by atoms with Gasteiger partial charge in [0.15, 0.2) is 0 Å². The van der Waals surface area contributed by atoms with Gasteiger partial charge in [0.1, 0.15) is 0 Å². The van der Waals surface area contributed by atoms with Gasteiger partial charge in [-0.15, -0.1) is 0 Å². The van der Waals surface area contributed by atoms with E-state index in [9.17, 15) is 0 Å². The van der Waals surface area contributed by atoms with Crippen LogP contribution >= 0.6 is 0 Å². The lowest BCUT2D eigenvalue weighted by Gasteiger charge is -2.44. The average molecular weight is 266 g/mol. The van der Waals surface area contributed by atoms with Crippen molar-refractivity contribution in [3.05, 3.63) is 0 Å². The number of nitrogens with zero attached hydrogens (tertiary/aromatic N) is 1. The van der Waals surface area contributed by atoms with Gasteiger partial charge in [-0.25, -0.2) is 0 Å². The summed E-state index contributed by atoms with van der Waals surface area (Å²) in [6.45, 7) is 4.59. The summed E-state index contributed by atoms with van der Waals surface area (Å²) in [7, 11) is 0. The molecule has 2 atom stereocenters. The Labute approximate surface area is 118 Å². The molecule has 0 amide bonds. The molecule has 110 valence electrons. The van der Waals surface area contributed by atoms with Crippen LogP contribution in [-0.4, -0.2) is 49.3 Å². The molecule has 0 radical (unpaired) electrons. The van der Waals surface area contributed by atoms with Crippen LogP contribution in [0.1, 0.15) is 57.8 Å². The van der Waals surface area contributed by atoms with Crippen LogP contribution in [0.2, 0.25) is 0 Å². The van der Waals surface area contributed by atoms with E-state index in [2.05, 4.69) is 10.2 Å². The molecule has 1 saturated heterocycles. The Kier molecular flexibility index (Phi) is 5.14. The van der Waals surface area contributed by atoms with Gasteiger partial charge in [0, 0.05) is 18.6 Å². The molecule has 2 unspecified atom stereocenters. The van der Waals surface area contributed by atoms with E-state index in [0.29, 0.717) is 6.10 Å². The highest BCUT2D eigenvalue weighted by molar-refractivity contribution is 4.87. The zero-order valence-corrected chi connectivity index (χ0v) is 12.3. The fourth-order valence-electron chi connectivity index (χ4n) is 4.17. The second-order valence-corrected chi connectivity index (χ2v) is 6.59. The predicted molar refractivity (Wildman–Crippen MR) is 78.4 cm³/mol. The van der Waals surface area contributed by atoms with Crippen LogP contribution in [-0.2, 0) is 4.74 Å². The largest absolute Gasteiger partial charge is 0.375 e. The van der Waals surface area contributed by atoms with E-state index in [4.69, 9.17) is 4.74 Å². The number of nitrogens with one attached hydrogen (secondary N) is 1. The summed E-state index contributed by atoms with van der Waals surface area (Å²) in [4.78, 5) is 2.71. The Hall–Kier alpha value is -0.120. The van der Waals surface area contributed by atoms with Crippen LogP contribution < -0.4 is 5.32 Å². The Bertz CT molecular complexity index is 263. The molecule has 3 rings (SSSR count). The minimum absolute atomic E-state index is 0.547. The maximum absolute atomic E-state index is 5.94. The monoisotopic (exact) mass is 266 g/mol. The third-order valence-corrected chi connectivity index (χ3v) is 5.26. The number of morpholine rings is 1. The minimum Gasteiger partial charge on any atom is -0.375 e. The molecule has 0 aromatic carbocycles. The van der Waals surface area contributed by atoms with Crippen molar-refractivity contribution in [3.63, 3.8) is 0 Å². The lowest BCUT2D eigenvalue weighted by molar-refractivity contribution is -0.0880. The molecule has 1 heterocycles. The lowest BCUT2D eigenvalue weighted by Crippen LogP contribution is -2.53. The van der Waals surface area contributed by atoms with Crippen molar-refractivity contribution in [2.45, 2.75) is 76.0 Å². The highest BCUT2D eigenvalue weighted by Crippen LogP contribution is 2.28. The van der Waals surface area contributed by atoms with Gasteiger partial charge in [0.25, 0.3) is 0 Å². The molecule has 3 nitrogen and oxygen atoms in total. The van der Waals surface area contributed by atoms with Gasteiger partial charge in [0.05, 0.1) is 12.7 Å². The molecule has 2 aliphatic carbocycles. The second-order valence-electron chi connectivity index (χ2n) is 6.59. The van der Waals surface area contributed by atoms with Crippen LogP contribution in [0.25, 0.3) is 0 Å². The summed E-state index contributed by atoms with van der Waals surface area (Å²) in [5.74, 6) is 0. The van der Waals surface area contributed by atoms with Crippen LogP contribution in [0.3, 0.4) is 0 Å². The van der Waals surface area contributed by atoms with Crippen molar-refractivity contribution in [1.29, 1.82) is 0 Å². The average Bonchev–Trinajstić information content (AvgIpc) is 2.97. The zero-order chi connectivity index (χ0) is 12.9. The molecule has 2 saturated carbocycles. The summed E-state index contributed by atoms with van der Waals surface area (Å²) in [5.41, 5.74) is 0. The summed E-state index contributed by atoms with van der Waals surface area (Å²) < 4.78 is 5.94. The first-order valence-corrected chi connectivity index (χ1v) is 8.52. The highest BCUT2D eigenvalue weighted by atomic mass is 16.5. The standard InChI is InChI=1S/C16H30N2O/c1-2-7-14(6-1)17-10-5-11-18-12-13-19-16-9-4-3-8-15(16)18/h14-17H,1-13H2. The predicted octanol–water partition coefficient (Wildman–Crippen LogP) is 2.55. The van der Waals surface area contributed by atoms with E-state index < -0.39 is 0 Å². The van der Waals surface area contributed by atoms with Crippen molar-refractivity contribution in [2.24, 2.45) is 0 Å². The second kappa shape index (κ2) is 7.05. The molecule has 0 aromatic rings. The molecular formula is C16H30N2O. The fraction of sp³-hybridized carbons (Fsp3) is 1.00. The van der Waals surface area contributed by atoms with E-state index in [0.717, 1.165) is 25.2 Å². The third kappa shape index (κ3) is 3.71. The van der Waals surface area contributed by atoms with Gasteiger partial charge in [0.2, 0.25) is 0 Å². The van der Waals surface area contributed by atoms with E-state index in [-0.39, 0.29) is 0 Å². The summed E-state index contributed by atoms with van der Waals surface area (Å²) >= 11 is 0. The van der Waals surface area contributed by atoms with Gasteiger partial charge in [-0.05, 0) is 45.2 Å². The number of rotatable bonds is 5. The lowest BCUT2D eigenvalue weighted by atomic mass is 9.90. The smallest absolute Gasteiger partial charge is 0.0730 e. The van der Waals surface area contributed by atoms with Crippen LogP contribution in [0, 0.1) is 0 Å². The summed E-state index contributed by atoms with van der Waals surface area (Å²) in [6, 6.07) is 1.56. The number of hydrogen-bond donors (Lipinski definition) is 1. The van der Waals surface area contributed by atoms with Crippen LogP contribution in [0.5, 0.6) is 0 Å². The van der Waals surface area contributed by atoms with Gasteiger partial charge in [-0.3, -0.25) is 4.90 Å². The minimum atomic E-state index is 0.547. The zero-order valence-electron chi connectivity index (χ0n) is 12.3. The first-order chi connectivity index (χ1) is 9.43. The molecule has 0 spiro atoms. The van der Waals surface area contributed by atoms with Gasteiger partial charge in [-0.2, -0.15) is 0 Å². The topological polar surface area (TPSA) is 24.5 Å². The Morgan fingerprint density at radius 3 is 2.68 bits per heavy atom. The maximum Gasteiger partial charge on any atom is 0.0730 e. The molecule has 3 fully saturated rings. The fourth-order valence-corrected chi connectivity index (χ4v) is 4.17. The van der Waals surface area contributed by atoms with Crippen LogP contribution in [0.15, 0.2) is 0 Å². The van der Waals surface area contributed by atoms with Crippen molar-refractivity contribution in [1.82, 2.24) is 10.2 Å². The van der Waals surface area contributed by atoms with Crippen molar-refractivity contribution < 1.29 is 4.74 Å². The molecule has 19 heavy (non-hydrogen) atoms. The Balaban J connectivity index is 1.36. The Morgan fingerprint density at radius 1 is 1.00 bits per heavy atom. The normalized spacial score (nSPS) is 33.5. The summed E-state index contributed by atoms with van der Waals surface area (Å²) in [5, 5.41) is 3.74. The number of hydrogen-bond acceptors (Lipinski definition) is 3. The van der Waals surface area contributed by atoms with Crippen LogP contribution in [0.4, 0.5) is 0 Å². The molecule has 1 N–H and O–H groups in total. The van der Waals surface area contributed by atoms with Gasteiger partial charge >= 0.3 is 0 Å². The van der Waals surface area contributed by atoms with E-state index in [1.807, 2.05) is 0 Å². The maximum atomic E-state index is 5.94. The third-order valence-electron chi connectivity index (χ3n) is 5.26. The molecule has 3 aliphatic rings. The van der Waals surface area contributed by atoms with Crippen molar-refractivity contribution >= 4 is 0 Å². The SMILES string of the molecule is C1CCC(NCCCN2CCOC3CCCCC32)C1. The molecule has 0 bridgehead atoms. The quantitative estimate of drug-likeness (QED) is 0.774. The van der Waals surface area contributed by atoms with E-state index in [1.165, 1.54) is 70.9 Å². The molecule has 0 aromatic heterocycles. The number of fused-ring (bicyclic) bond motifs is 1. The molecular weight excluding hydrogens is 236 g/mol. The highest BCUT2D eigenvalue weighted by Gasteiger charge is 2.33. The van der Waals surface area contributed by atoms with Gasteiger partial charge < -0.3 is 10.1 Å². The summed E-state index contributed by atoms with van der Waals surface area (Å²) in [6.07, 6.45) is 13.0. The number of ether oxygens (including phenoxy) is 1.